The van der Waals surface area contributed by atoms with Crippen LogP contribution >= 0.6 is 0 Å². The molecule has 3 amide bonds. The van der Waals surface area contributed by atoms with Gasteiger partial charge in [-0.15, -0.1) is 0 Å². The Labute approximate surface area is 174 Å². The van der Waals surface area contributed by atoms with Crippen LogP contribution in [0.4, 0.5) is 11.4 Å². The van der Waals surface area contributed by atoms with E-state index in [1.807, 2.05) is 0 Å². The SMILES string of the molecule is CC(C)OC(=O)c1ccc(NC(=O)CC[C@H]2NC(=O)c3ccccc3NC2=O)cc1. The highest BCUT2D eigenvalue weighted by Gasteiger charge is 2.27. The molecular weight excluding hydrogens is 386 g/mol. The van der Waals surface area contributed by atoms with Crippen molar-refractivity contribution in [3.63, 3.8) is 0 Å². The van der Waals surface area contributed by atoms with Gasteiger partial charge in [-0.3, -0.25) is 14.4 Å². The molecule has 0 bridgehead atoms. The average Bonchev–Trinajstić information content (AvgIpc) is 2.82. The number of carbonyl (C=O) groups excluding carboxylic acids is 4. The Hall–Kier alpha value is -3.68. The number of para-hydroxylation sites is 1. The number of anilines is 2. The number of nitrogens with one attached hydrogen (secondary N) is 3. The van der Waals surface area contributed by atoms with Gasteiger partial charge >= 0.3 is 5.97 Å². The first-order valence-corrected chi connectivity index (χ1v) is 9.65. The Balaban J connectivity index is 1.54. The summed E-state index contributed by atoms with van der Waals surface area (Å²) in [5, 5.41) is 8.08. The van der Waals surface area contributed by atoms with E-state index < -0.39 is 12.0 Å². The minimum absolute atomic E-state index is 0.0336. The summed E-state index contributed by atoms with van der Waals surface area (Å²) in [4.78, 5) is 48.8. The Morgan fingerprint density at radius 2 is 1.77 bits per heavy atom. The zero-order chi connectivity index (χ0) is 21.7. The van der Waals surface area contributed by atoms with E-state index in [1.165, 1.54) is 0 Å². The van der Waals surface area contributed by atoms with Crippen molar-refractivity contribution in [3.8, 4) is 0 Å². The normalized spacial score (nSPS) is 15.5. The Morgan fingerprint density at radius 3 is 2.47 bits per heavy atom. The number of ether oxygens (including phenoxy) is 1. The number of fused-ring (bicyclic) bond motifs is 1. The molecule has 2 aromatic carbocycles. The van der Waals surface area contributed by atoms with E-state index in [4.69, 9.17) is 4.74 Å². The molecular formula is C22H23N3O5. The van der Waals surface area contributed by atoms with Crippen LogP contribution in [0.1, 0.15) is 47.4 Å². The van der Waals surface area contributed by atoms with Crippen molar-refractivity contribution >= 4 is 35.1 Å². The molecule has 3 N–H and O–H groups in total. The summed E-state index contributed by atoms with van der Waals surface area (Å²) in [6.45, 7) is 3.53. The summed E-state index contributed by atoms with van der Waals surface area (Å²) in [6.07, 6.45) is -0.0338. The predicted octanol–water partition coefficient (Wildman–Crippen LogP) is 2.72. The van der Waals surface area contributed by atoms with Crippen LogP contribution in [0.25, 0.3) is 0 Å². The van der Waals surface area contributed by atoms with Crippen LogP contribution in [0.3, 0.4) is 0 Å². The Bertz CT molecular complexity index is 969. The van der Waals surface area contributed by atoms with Gasteiger partial charge in [0.25, 0.3) is 5.91 Å². The van der Waals surface area contributed by atoms with E-state index in [-0.39, 0.29) is 36.7 Å². The maximum Gasteiger partial charge on any atom is 0.338 e. The molecule has 0 aliphatic carbocycles. The molecule has 8 nitrogen and oxygen atoms in total. The third-order valence-corrected chi connectivity index (χ3v) is 4.46. The van der Waals surface area contributed by atoms with Crippen LogP contribution in [0.2, 0.25) is 0 Å². The molecule has 0 fully saturated rings. The van der Waals surface area contributed by atoms with Crippen LogP contribution in [-0.2, 0) is 14.3 Å². The molecule has 0 radical (unpaired) electrons. The van der Waals surface area contributed by atoms with Gasteiger partial charge in [0.05, 0.1) is 22.9 Å². The largest absolute Gasteiger partial charge is 0.459 e. The highest BCUT2D eigenvalue weighted by atomic mass is 16.5. The number of benzene rings is 2. The lowest BCUT2D eigenvalue weighted by Crippen LogP contribution is -2.41. The second-order valence-corrected chi connectivity index (χ2v) is 7.18. The monoisotopic (exact) mass is 409 g/mol. The van der Waals surface area contributed by atoms with Crippen LogP contribution in [0.15, 0.2) is 48.5 Å². The van der Waals surface area contributed by atoms with Gasteiger partial charge in [0, 0.05) is 12.1 Å². The summed E-state index contributed by atoms with van der Waals surface area (Å²) in [5.41, 5.74) is 1.74. The van der Waals surface area contributed by atoms with Gasteiger partial charge in [0.1, 0.15) is 6.04 Å². The third kappa shape index (κ3) is 5.22. The van der Waals surface area contributed by atoms with Gasteiger partial charge in [-0.2, -0.15) is 0 Å². The van der Waals surface area contributed by atoms with E-state index in [2.05, 4.69) is 16.0 Å². The van der Waals surface area contributed by atoms with Gasteiger partial charge in [0.15, 0.2) is 0 Å². The minimum Gasteiger partial charge on any atom is -0.459 e. The maximum absolute atomic E-state index is 12.4. The lowest BCUT2D eigenvalue weighted by molar-refractivity contribution is -0.118. The van der Waals surface area contributed by atoms with Crippen LogP contribution in [-0.4, -0.2) is 35.8 Å². The average molecular weight is 409 g/mol. The van der Waals surface area contributed by atoms with E-state index in [0.717, 1.165) is 0 Å². The summed E-state index contributed by atoms with van der Waals surface area (Å²) < 4.78 is 5.12. The fraction of sp³-hybridized carbons (Fsp3) is 0.273. The highest BCUT2D eigenvalue weighted by molar-refractivity contribution is 6.10. The van der Waals surface area contributed by atoms with Crippen LogP contribution in [0, 0.1) is 0 Å². The second-order valence-electron chi connectivity index (χ2n) is 7.18. The minimum atomic E-state index is -0.816. The lowest BCUT2D eigenvalue weighted by atomic mass is 10.1. The van der Waals surface area contributed by atoms with Crippen molar-refractivity contribution in [2.45, 2.75) is 38.8 Å². The molecule has 0 saturated heterocycles. The van der Waals surface area contributed by atoms with E-state index >= 15 is 0 Å². The zero-order valence-corrected chi connectivity index (χ0v) is 16.7. The number of rotatable bonds is 6. The molecule has 0 unspecified atom stereocenters. The van der Waals surface area contributed by atoms with Gasteiger partial charge in [-0.05, 0) is 56.7 Å². The van der Waals surface area contributed by atoms with E-state index in [1.54, 1.807) is 62.4 Å². The fourth-order valence-corrected chi connectivity index (χ4v) is 2.99. The smallest absolute Gasteiger partial charge is 0.338 e. The molecule has 1 heterocycles. The van der Waals surface area contributed by atoms with E-state index in [0.29, 0.717) is 22.5 Å². The predicted molar refractivity (Wildman–Crippen MR) is 111 cm³/mol. The van der Waals surface area contributed by atoms with Crippen LogP contribution in [0.5, 0.6) is 0 Å². The molecule has 3 rings (SSSR count). The first-order valence-electron chi connectivity index (χ1n) is 9.65. The number of esters is 1. The number of carbonyl (C=O) groups is 4. The molecule has 1 aliphatic heterocycles. The van der Waals surface area contributed by atoms with Gasteiger partial charge in [-0.1, -0.05) is 12.1 Å². The molecule has 0 saturated carbocycles. The fourth-order valence-electron chi connectivity index (χ4n) is 2.99. The topological polar surface area (TPSA) is 114 Å². The third-order valence-electron chi connectivity index (χ3n) is 4.46. The molecule has 0 aromatic heterocycles. The van der Waals surface area contributed by atoms with Crippen molar-refractivity contribution in [3.05, 3.63) is 59.7 Å². The van der Waals surface area contributed by atoms with Crippen molar-refractivity contribution < 1.29 is 23.9 Å². The summed E-state index contributed by atoms with van der Waals surface area (Å²) in [5.74, 6) is -1.47. The number of hydrogen-bond donors (Lipinski definition) is 3. The molecule has 8 heteroatoms. The standard InChI is InChI=1S/C22H23N3O5/c1-13(2)30-22(29)14-7-9-15(10-8-14)23-19(26)12-11-18-21(28)24-17-6-4-3-5-16(17)20(27)25-18/h3-10,13,18H,11-12H2,1-2H3,(H,23,26)(H,24,28)(H,25,27)/t18-/m1/s1. The molecule has 156 valence electrons. The molecule has 2 aromatic rings. The molecule has 1 atom stereocenters. The molecule has 1 aliphatic rings. The number of amides is 3. The van der Waals surface area contributed by atoms with Gasteiger partial charge in [0.2, 0.25) is 11.8 Å². The summed E-state index contributed by atoms with van der Waals surface area (Å²) in [7, 11) is 0. The van der Waals surface area contributed by atoms with Gasteiger partial charge < -0.3 is 20.7 Å². The van der Waals surface area contributed by atoms with Crippen molar-refractivity contribution in [2.75, 3.05) is 10.6 Å². The van der Waals surface area contributed by atoms with Crippen molar-refractivity contribution in [2.24, 2.45) is 0 Å². The first kappa shape index (κ1) is 21.0. The molecule has 30 heavy (non-hydrogen) atoms. The highest BCUT2D eigenvalue weighted by Crippen LogP contribution is 2.19. The summed E-state index contributed by atoms with van der Waals surface area (Å²) in [6, 6.07) is 12.2. The number of hydrogen-bond acceptors (Lipinski definition) is 5. The van der Waals surface area contributed by atoms with Crippen molar-refractivity contribution in [1.29, 1.82) is 0 Å². The lowest BCUT2D eigenvalue weighted by Gasteiger charge is -2.14. The van der Waals surface area contributed by atoms with Gasteiger partial charge in [-0.25, -0.2) is 4.79 Å². The van der Waals surface area contributed by atoms with Crippen LogP contribution < -0.4 is 16.0 Å². The van der Waals surface area contributed by atoms with E-state index in [9.17, 15) is 19.2 Å². The molecule has 0 spiro atoms. The second kappa shape index (κ2) is 9.21. The Morgan fingerprint density at radius 1 is 1.07 bits per heavy atom. The quantitative estimate of drug-likeness (QED) is 0.635. The Kier molecular flexibility index (Phi) is 6.46. The first-order chi connectivity index (χ1) is 14.3. The zero-order valence-electron chi connectivity index (χ0n) is 16.7. The van der Waals surface area contributed by atoms with Crippen molar-refractivity contribution in [1.82, 2.24) is 5.32 Å². The summed E-state index contributed by atoms with van der Waals surface area (Å²) >= 11 is 0. The maximum atomic E-state index is 12.4.